The van der Waals surface area contributed by atoms with Crippen LogP contribution in [0.5, 0.6) is 0 Å². The molecule has 0 unspecified atom stereocenters. The van der Waals surface area contributed by atoms with Gasteiger partial charge in [0.05, 0.1) is 23.1 Å². The smallest absolute Gasteiger partial charge is 0.275 e. The Hall–Kier alpha value is -2.22. The van der Waals surface area contributed by atoms with Gasteiger partial charge in [-0.25, -0.2) is 13.1 Å². The molecular weight excluding hydrogens is 318 g/mol. The van der Waals surface area contributed by atoms with E-state index < -0.39 is 9.84 Å². The first-order chi connectivity index (χ1) is 10.9. The molecule has 1 fully saturated rings. The van der Waals surface area contributed by atoms with Crippen molar-refractivity contribution in [2.24, 2.45) is 0 Å². The Bertz CT molecular complexity index is 920. The van der Waals surface area contributed by atoms with E-state index in [1.54, 1.807) is 31.4 Å². The number of aromatic nitrogens is 2. The molecule has 1 aromatic heterocycles. The third-order valence-corrected chi connectivity index (χ3v) is 5.95. The molecule has 0 saturated carbocycles. The van der Waals surface area contributed by atoms with Gasteiger partial charge in [0.15, 0.2) is 9.84 Å². The number of carbonyl (C=O) groups is 1. The number of likely N-dealkylation sites (N-methyl/N-ethyl adjacent to an activating group) is 1. The highest BCUT2D eigenvalue weighted by Crippen LogP contribution is 2.16. The average molecular weight is 335 g/mol. The maximum atomic E-state index is 12.3. The average Bonchev–Trinajstić information content (AvgIpc) is 2.89. The zero-order valence-corrected chi connectivity index (χ0v) is 13.5. The molecule has 0 aliphatic carbocycles. The van der Waals surface area contributed by atoms with Crippen LogP contribution in [0.15, 0.2) is 35.3 Å². The van der Waals surface area contributed by atoms with Crippen molar-refractivity contribution in [2.45, 2.75) is 19.0 Å². The molecule has 1 saturated heterocycles. The van der Waals surface area contributed by atoms with Crippen LogP contribution in [0.25, 0.3) is 10.8 Å². The Labute approximate surface area is 133 Å². The molecule has 2 aromatic rings. The summed E-state index contributed by atoms with van der Waals surface area (Å²) in [5.41, 5.74) is -0.330. The fourth-order valence-corrected chi connectivity index (χ4v) is 4.54. The van der Waals surface area contributed by atoms with Gasteiger partial charge in [-0.2, -0.15) is 5.10 Å². The summed E-state index contributed by atoms with van der Waals surface area (Å²) < 4.78 is 24.2. The molecule has 3 rings (SSSR count). The first-order valence-corrected chi connectivity index (χ1v) is 9.10. The van der Waals surface area contributed by atoms with Crippen LogP contribution in [0.2, 0.25) is 0 Å². The number of amides is 1. The normalized spacial score (nSPS) is 19.8. The minimum Gasteiger partial charge on any atom is -0.340 e. The molecule has 0 bridgehead atoms. The highest BCUT2D eigenvalue weighted by Gasteiger charge is 2.32. The van der Waals surface area contributed by atoms with Crippen LogP contribution in [-0.4, -0.2) is 53.6 Å². The fraction of sp³-hybridized carbons (Fsp3) is 0.400. The Balaban J connectivity index is 1.80. The lowest BCUT2D eigenvalue weighted by molar-refractivity contribution is -0.132. The van der Waals surface area contributed by atoms with Gasteiger partial charge in [0, 0.05) is 18.5 Å². The van der Waals surface area contributed by atoms with Gasteiger partial charge in [-0.15, -0.1) is 0 Å². The van der Waals surface area contributed by atoms with Crippen LogP contribution in [0.1, 0.15) is 6.42 Å². The van der Waals surface area contributed by atoms with E-state index in [9.17, 15) is 18.0 Å². The number of fused-ring (bicyclic) bond motifs is 1. The largest absolute Gasteiger partial charge is 0.340 e. The standard InChI is InChI=1S/C15H17N3O4S/c1-17(12-6-7-23(21,22)10-12)14(19)9-18-15(20)13-5-3-2-4-11(13)8-16-18/h2-5,8,12H,6-7,9-10H2,1H3/t12-/m0/s1. The summed E-state index contributed by atoms with van der Waals surface area (Å²) in [6.45, 7) is -0.198. The fourth-order valence-electron chi connectivity index (χ4n) is 2.76. The van der Waals surface area contributed by atoms with Crippen molar-refractivity contribution < 1.29 is 13.2 Å². The number of hydrogen-bond donors (Lipinski definition) is 0. The second kappa shape index (κ2) is 5.77. The Morgan fingerprint density at radius 2 is 2.13 bits per heavy atom. The van der Waals surface area contributed by atoms with E-state index in [-0.39, 0.29) is 35.6 Å². The van der Waals surface area contributed by atoms with Gasteiger partial charge in [-0.05, 0) is 12.5 Å². The summed E-state index contributed by atoms with van der Waals surface area (Å²) in [5.74, 6) is -0.240. The van der Waals surface area contributed by atoms with Crippen molar-refractivity contribution in [3.05, 3.63) is 40.8 Å². The third-order valence-electron chi connectivity index (χ3n) is 4.20. The number of nitrogens with zero attached hydrogens (tertiary/aromatic N) is 3. The van der Waals surface area contributed by atoms with Crippen LogP contribution in [-0.2, 0) is 21.2 Å². The first-order valence-electron chi connectivity index (χ1n) is 7.28. The van der Waals surface area contributed by atoms with Gasteiger partial charge in [0.1, 0.15) is 6.54 Å². The van der Waals surface area contributed by atoms with Crippen molar-refractivity contribution in [3.63, 3.8) is 0 Å². The number of benzene rings is 1. The molecule has 0 N–H and O–H groups in total. The molecule has 1 atom stereocenters. The van der Waals surface area contributed by atoms with Crippen LogP contribution in [0, 0.1) is 0 Å². The highest BCUT2D eigenvalue weighted by atomic mass is 32.2. The molecule has 122 valence electrons. The maximum absolute atomic E-state index is 12.3. The molecule has 7 nitrogen and oxygen atoms in total. The zero-order chi connectivity index (χ0) is 16.6. The van der Waals surface area contributed by atoms with Gasteiger partial charge in [-0.1, -0.05) is 18.2 Å². The third kappa shape index (κ3) is 3.12. The van der Waals surface area contributed by atoms with E-state index in [1.165, 1.54) is 4.90 Å². The maximum Gasteiger partial charge on any atom is 0.275 e. The van der Waals surface area contributed by atoms with Crippen molar-refractivity contribution in [2.75, 3.05) is 18.6 Å². The lowest BCUT2D eigenvalue weighted by Crippen LogP contribution is -2.41. The van der Waals surface area contributed by atoms with E-state index >= 15 is 0 Å². The lowest BCUT2D eigenvalue weighted by atomic mass is 10.2. The molecule has 8 heteroatoms. The van der Waals surface area contributed by atoms with Crippen LogP contribution in [0.4, 0.5) is 0 Å². The van der Waals surface area contributed by atoms with Gasteiger partial charge in [0.2, 0.25) is 5.91 Å². The topological polar surface area (TPSA) is 89.3 Å². The number of carbonyl (C=O) groups excluding carboxylic acids is 1. The zero-order valence-electron chi connectivity index (χ0n) is 12.7. The molecule has 1 aliphatic heterocycles. The van der Waals surface area contributed by atoms with Gasteiger partial charge in [-0.3, -0.25) is 9.59 Å². The predicted octanol–water partition coefficient (Wildman–Crippen LogP) is 0.0420. The number of rotatable bonds is 3. The molecule has 2 heterocycles. The minimum atomic E-state index is -3.06. The molecule has 23 heavy (non-hydrogen) atoms. The molecule has 0 spiro atoms. The predicted molar refractivity (Wildman–Crippen MR) is 85.8 cm³/mol. The summed E-state index contributed by atoms with van der Waals surface area (Å²) in [4.78, 5) is 26.1. The van der Waals surface area contributed by atoms with Crippen molar-refractivity contribution in [3.8, 4) is 0 Å². The van der Waals surface area contributed by atoms with Crippen molar-refractivity contribution in [1.29, 1.82) is 0 Å². The van der Waals surface area contributed by atoms with Crippen LogP contribution in [0.3, 0.4) is 0 Å². The molecule has 1 aliphatic rings. The van der Waals surface area contributed by atoms with E-state index in [2.05, 4.69) is 5.10 Å². The van der Waals surface area contributed by atoms with Gasteiger partial charge in [0.25, 0.3) is 5.56 Å². The monoisotopic (exact) mass is 335 g/mol. The highest BCUT2D eigenvalue weighted by molar-refractivity contribution is 7.91. The molecule has 0 radical (unpaired) electrons. The summed E-state index contributed by atoms with van der Waals surface area (Å²) in [6.07, 6.45) is 1.98. The summed E-state index contributed by atoms with van der Waals surface area (Å²) in [6, 6.07) is 6.71. The summed E-state index contributed by atoms with van der Waals surface area (Å²) in [7, 11) is -1.49. The van der Waals surface area contributed by atoms with Crippen LogP contribution >= 0.6 is 0 Å². The van der Waals surface area contributed by atoms with Gasteiger partial charge < -0.3 is 4.90 Å². The Morgan fingerprint density at radius 1 is 1.39 bits per heavy atom. The number of sulfone groups is 1. The Kier molecular flexibility index (Phi) is 3.93. The van der Waals surface area contributed by atoms with Crippen molar-refractivity contribution >= 4 is 26.5 Å². The van der Waals surface area contributed by atoms with E-state index in [0.29, 0.717) is 11.8 Å². The summed E-state index contributed by atoms with van der Waals surface area (Å²) >= 11 is 0. The molecule has 1 amide bonds. The van der Waals surface area contributed by atoms with Crippen LogP contribution < -0.4 is 5.56 Å². The van der Waals surface area contributed by atoms with E-state index in [1.807, 2.05) is 6.07 Å². The Morgan fingerprint density at radius 3 is 2.83 bits per heavy atom. The van der Waals surface area contributed by atoms with Gasteiger partial charge >= 0.3 is 0 Å². The second-order valence-electron chi connectivity index (χ2n) is 5.76. The minimum absolute atomic E-state index is 0.0186. The molecule has 1 aromatic carbocycles. The summed E-state index contributed by atoms with van der Waals surface area (Å²) in [5, 5.41) is 5.24. The number of hydrogen-bond acceptors (Lipinski definition) is 5. The van der Waals surface area contributed by atoms with E-state index in [0.717, 1.165) is 10.1 Å². The SMILES string of the molecule is CN(C(=O)Cn1ncc2ccccc2c1=O)[C@H]1CCS(=O)(=O)C1. The quantitative estimate of drug-likeness (QED) is 0.790. The molecular formula is C15H17N3O4S. The van der Waals surface area contributed by atoms with E-state index in [4.69, 9.17) is 0 Å². The second-order valence-corrected chi connectivity index (χ2v) is 7.98. The lowest BCUT2D eigenvalue weighted by Gasteiger charge is -2.23. The first kappa shape index (κ1) is 15.7. The van der Waals surface area contributed by atoms with Crippen molar-refractivity contribution in [1.82, 2.24) is 14.7 Å².